The van der Waals surface area contributed by atoms with E-state index in [1.807, 2.05) is 12.5 Å². The summed E-state index contributed by atoms with van der Waals surface area (Å²) >= 11 is 0. The van der Waals surface area contributed by atoms with Gasteiger partial charge in [-0.15, -0.1) is 0 Å². The van der Waals surface area contributed by atoms with Gasteiger partial charge in [-0.3, -0.25) is 0 Å². The number of aromatic nitrogens is 4. The molecule has 5 nitrogen and oxygen atoms in total. The maximum atomic E-state index is 4.93. The van der Waals surface area contributed by atoms with E-state index >= 15 is 0 Å². The van der Waals surface area contributed by atoms with Gasteiger partial charge in [-0.2, -0.15) is 0 Å². The summed E-state index contributed by atoms with van der Waals surface area (Å²) in [6, 6.07) is 2.73. The fourth-order valence-corrected chi connectivity index (χ4v) is 3.19. The molecule has 0 aromatic carbocycles. The maximum absolute atomic E-state index is 4.93. The van der Waals surface area contributed by atoms with Crippen molar-refractivity contribution in [3.05, 3.63) is 36.3 Å². The van der Waals surface area contributed by atoms with E-state index in [1.54, 1.807) is 0 Å². The van der Waals surface area contributed by atoms with Crippen molar-refractivity contribution >= 4 is 5.82 Å². The van der Waals surface area contributed by atoms with Crippen molar-refractivity contribution in [2.75, 3.05) is 18.0 Å². The second-order valence-corrected chi connectivity index (χ2v) is 9.16. The van der Waals surface area contributed by atoms with Crippen LogP contribution in [0, 0.1) is 0 Å². The van der Waals surface area contributed by atoms with E-state index in [-0.39, 0.29) is 10.8 Å². The third kappa shape index (κ3) is 4.02. The van der Waals surface area contributed by atoms with Crippen LogP contribution in [0.15, 0.2) is 24.8 Å². The molecule has 0 bridgehead atoms. The van der Waals surface area contributed by atoms with Crippen molar-refractivity contribution in [3.8, 4) is 0 Å². The Balaban J connectivity index is 1.84. The summed E-state index contributed by atoms with van der Waals surface area (Å²) < 4.78 is 2.23. The Kier molecular flexibility index (Phi) is 4.60. The zero-order valence-electron chi connectivity index (χ0n) is 16.5. The molecule has 0 atom stereocenters. The molecule has 1 saturated heterocycles. The van der Waals surface area contributed by atoms with Crippen LogP contribution in [-0.4, -0.2) is 32.6 Å². The normalized spacial score (nSPS) is 17.1. The van der Waals surface area contributed by atoms with Gasteiger partial charge in [-0.05, 0) is 12.8 Å². The molecule has 1 aliphatic rings. The van der Waals surface area contributed by atoms with Crippen molar-refractivity contribution in [2.45, 2.75) is 71.3 Å². The maximum Gasteiger partial charge on any atom is 0.136 e. The fraction of sp³-hybridized carbons (Fsp3) is 0.650. The van der Waals surface area contributed by atoms with E-state index < -0.39 is 0 Å². The van der Waals surface area contributed by atoms with Gasteiger partial charge < -0.3 is 9.47 Å². The zero-order chi connectivity index (χ0) is 18.2. The monoisotopic (exact) mass is 341 g/mol. The van der Waals surface area contributed by atoms with Gasteiger partial charge in [0.05, 0.1) is 12.0 Å². The van der Waals surface area contributed by atoms with Crippen molar-refractivity contribution in [3.63, 3.8) is 0 Å². The number of imidazole rings is 1. The molecule has 2 aromatic rings. The van der Waals surface area contributed by atoms with Crippen LogP contribution in [0.5, 0.6) is 0 Å². The molecule has 0 saturated carbocycles. The van der Waals surface area contributed by atoms with Gasteiger partial charge in [-0.25, -0.2) is 15.0 Å². The van der Waals surface area contributed by atoms with E-state index in [9.17, 15) is 0 Å². The molecule has 1 fully saturated rings. The second kappa shape index (κ2) is 6.43. The van der Waals surface area contributed by atoms with Crippen LogP contribution in [0.25, 0.3) is 0 Å². The van der Waals surface area contributed by atoms with Gasteiger partial charge in [-0.1, -0.05) is 41.5 Å². The highest BCUT2D eigenvalue weighted by Crippen LogP contribution is 2.30. The standard InChI is InChI=1S/C20H31N5/c1-19(2,3)16-13-17(23-18(22-16)20(4,5)6)24-10-7-15(8-11-24)25-12-9-21-14-25/h9,12-15H,7-8,10-11H2,1-6H3. The molecule has 3 rings (SSSR count). The highest BCUT2D eigenvalue weighted by molar-refractivity contribution is 5.42. The highest BCUT2D eigenvalue weighted by Gasteiger charge is 2.27. The van der Waals surface area contributed by atoms with Crippen molar-refractivity contribution in [1.82, 2.24) is 19.5 Å². The minimum absolute atomic E-state index is 0.0207. The molecule has 136 valence electrons. The number of rotatable bonds is 2. The molecule has 0 N–H and O–H groups in total. The number of hydrogen-bond acceptors (Lipinski definition) is 4. The van der Waals surface area contributed by atoms with Crippen LogP contribution < -0.4 is 4.90 Å². The fourth-order valence-electron chi connectivity index (χ4n) is 3.19. The predicted molar refractivity (Wildman–Crippen MR) is 102 cm³/mol. The Morgan fingerprint density at radius 3 is 2.16 bits per heavy atom. The molecule has 5 heteroatoms. The predicted octanol–water partition coefficient (Wildman–Crippen LogP) is 4.11. The first-order valence-corrected chi connectivity index (χ1v) is 9.27. The molecular formula is C20H31N5. The highest BCUT2D eigenvalue weighted by atomic mass is 15.2. The second-order valence-electron chi connectivity index (χ2n) is 9.16. The van der Waals surface area contributed by atoms with Gasteiger partial charge in [0.1, 0.15) is 11.6 Å². The van der Waals surface area contributed by atoms with Crippen molar-refractivity contribution in [1.29, 1.82) is 0 Å². The number of hydrogen-bond donors (Lipinski definition) is 0. The molecule has 0 aliphatic carbocycles. The molecule has 0 radical (unpaired) electrons. The van der Waals surface area contributed by atoms with Crippen LogP contribution in [0.2, 0.25) is 0 Å². The van der Waals surface area contributed by atoms with E-state index in [0.29, 0.717) is 6.04 Å². The number of nitrogens with zero attached hydrogens (tertiary/aromatic N) is 5. The molecule has 0 unspecified atom stereocenters. The Hall–Kier alpha value is -1.91. The number of piperidine rings is 1. The Labute approximate surface area is 151 Å². The quantitative estimate of drug-likeness (QED) is 0.825. The first kappa shape index (κ1) is 17.9. The minimum atomic E-state index is -0.0505. The Bertz CT molecular complexity index is 666. The summed E-state index contributed by atoms with van der Waals surface area (Å²) in [6.45, 7) is 15.3. The summed E-state index contributed by atoms with van der Waals surface area (Å²) in [5.41, 5.74) is 1.09. The van der Waals surface area contributed by atoms with Gasteiger partial charge in [0, 0.05) is 48.4 Å². The molecule has 1 aliphatic heterocycles. The van der Waals surface area contributed by atoms with Gasteiger partial charge in [0.2, 0.25) is 0 Å². The summed E-state index contributed by atoms with van der Waals surface area (Å²) in [5.74, 6) is 2.01. The lowest BCUT2D eigenvalue weighted by Gasteiger charge is -2.34. The first-order valence-electron chi connectivity index (χ1n) is 9.27. The third-order valence-corrected chi connectivity index (χ3v) is 4.89. The molecular weight excluding hydrogens is 310 g/mol. The van der Waals surface area contributed by atoms with Crippen LogP contribution in [0.3, 0.4) is 0 Å². The summed E-state index contributed by atoms with van der Waals surface area (Å²) in [5, 5.41) is 0. The lowest BCUT2D eigenvalue weighted by molar-refractivity contribution is 0.393. The summed E-state index contributed by atoms with van der Waals surface area (Å²) in [7, 11) is 0. The van der Waals surface area contributed by atoms with E-state index in [0.717, 1.165) is 43.3 Å². The SMILES string of the molecule is CC(C)(C)c1cc(N2CCC(n3ccnc3)CC2)nc(C(C)(C)C)n1. The molecule has 25 heavy (non-hydrogen) atoms. The lowest BCUT2D eigenvalue weighted by atomic mass is 9.90. The van der Waals surface area contributed by atoms with Crippen LogP contribution in [0.1, 0.15) is 71.9 Å². The van der Waals surface area contributed by atoms with E-state index in [2.05, 4.69) is 68.3 Å². The third-order valence-electron chi connectivity index (χ3n) is 4.89. The molecule has 2 aromatic heterocycles. The Morgan fingerprint density at radius 2 is 1.64 bits per heavy atom. The topological polar surface area (TPSA) is 46.8 Å². The van der Waals surface area contributed by atoms with Gasteiger partial charge in [0.15, 0.2) is 0 Å². The van der Waals surface area contributed by atoms with E-state index in [1.165, 1.54) is 0 Å². The van der Waals surface area contributed by atoms with Crippen LogP contribution in [-0.2, 0) is 10.8 Å². The van der Waals surface area contributed by atoms with Crippen LogP contribution >= 0.6 is 0 Å². The summed E-state index contributed by atoms with van der Waals surface area (Å²) in [6.07, 6.45) is 8.11. The average Bonchev–Trinajstić information content (AvgIpc) is 3.07. The number of anilines is 1. The lowest BCUT2D eigenvalue weighted by Crippen LogP contribution is -2.36. The Morgan fingerprint density at radius 1 is 0.960 bits per heavy atom. The average molecular weight is 342 g/mol. The zero-order valence-corrected chi connectivity index (χ0v) is 16.5. The van der Waals surface area contributed by atoms with Gasteiger partial charge in [0.25, 0.3) is 0 Å². The largest absolute Gasteiger partial charge is 0.356 e. The minimum Gasteiger partial charge on any atom is -0.356 e. The van der Waals surface area contributed by atoms with Gasteiger partial charge >= 0.3 is 0 Å². The summed E-state index contributed by atoms with van der Waals surface area (Å²) in [4.78, 5) is 16.4. The van der Waals surface area contributed by atoms with E-state index in [4.69, 9.17) is 9.97 Å². The molecule has 3 heterocycles. The molecule has 0 spiro atoms. The molecule has 0 amide bonds. The van der Waals surface area contributed by atoms with Crippen molar-refractivity contribution in [2.24, 2.45) is 0 Å². The van der Waals surface area contributed by atoms with Crippen molar-refractivity contribution < 1.29 is 0 Å². The van der Waals surface area contributed by atoms with Crippen LogP contribution in [0.4, 0.5) is 5.82 Å². The first-order chi connectivity index (χ1) is 11.6. The smallest absolute Gasteiger partial charge is 0.136 e.